The molecule has 0 bridgehead atoms. The molecule has 0 fully saturated rings. The van der Waals surface area contributed by atoms with Crippen molar-refractivity contribution in [1.29, 1.82) is 0 Å². The van der Waals surface area contributed by atoms with Crippen LogP contribution in [0.5, 0.6) is 0 Å². The maximum Gasteiger partial charge on any atom is 0.225 e. The standard InChI is InChI=1S/C17H21N3O/c1-13-4-10-16(18-12-13)19-17(21)11-7-14-5-8-15(9-6-14)20(2)3/h4-6,8-10,12H,7,11H2,1-3H3,(H,18,19,21). The van der Waals surface area contributed by atoms with Gasteiger partial charge >= 0.3 is 0 Å². The number of carbonyl (C=O) groups is 1. The van der Waals surface area contributed by atoms with Crippen LogP contribution in [-0.4, -0.2) is 25.0 Å². The van der Waals surface area contributed by atoms with Crippen molar-refractivity contribution in [3.05, 3.63) is 53.7 Å². The zero-order valence-electron chi connectivity index (χ0n) is 12.8. The molecule has 1 aromatic carbocycles. The van der Waals surface area contributed by atoms with Gasteiger partial charge in [0.25, 0.3) is 0 Å². The summed E-state index contributed by atoms with van der Waals surface area (Å²) in [5.41, 5.74) is 3.40. The highest BCUT2D eigenvalue weighted by Crippen LogP contribution is 2.13. The van der Waals surface area contributed by atoms with Gasteiger partial charge in [-0.25, -0.2) is 4.98 Å². The molecule has 0 aliphatic heterocycles. The Morgan fingerprint density at radius 3 is 2.43 bits per heavy atom. The molecule has 110 valence electrons. The van der Waals surface area contributed by atoms with Gasteiger partial charge in [0.05, 0.1) is 0 Å². The SMILES string of the molecule is Cc1ccc(NC(=O)CCc2ccc(N(C)C)cc2)nc1. The van der Waals surface area contributed by atoms with Crippen molar-refractivity contribution in [2.75, 3.05) is 24.3 Å². The Labute approximate surface area is 125 Å². The number of benzene rings is 1. The third-order valence-electron chi connectivity index (χ3n) is 3.27. The third-order valence-corrected chi connectivity index (χ3v) is 3.27. The van der Waals surface area contributed by atoms with E-state index in [4.69, 9.17) is 0 Å². The summed E-state index contributed by atoms with van der Waals surface area (Å²) in [5.74, 6) is 0.594. The molecule has 4 heteroatoms. The summed E-state index contributed by atoms with van der Waals surface area (Å²) < 4.78 is 0. The lowest BCUT2D eigenvalue weighted by Crippen LogP contribution is -2.13. The molecular weight excluding hydrogens is 262 g/mol. The number of carbonyl (C=O) groups excluding carboxylic acids is 1. The third kappa shape index (κ3) is 4.60. The lowest BCUT2D eigenvalue weighted by atomic mass is 10.1. The predicted molar refractivity (Wildman–Crippen MR) is 86.7 cm³/mol. The monoisotopic (exact) mass is 283 g/mol. The van der Waals surface area contributed by atoms with Gasteiger partial charge in [-0.1, -0.05) is 18.2 Å². The van der Waals surface area contributed by atoms with Crippen LogP contribution in [0, 0.1) is 6.92 Å². The highest BCUT2D eigenvalue weighted by molar-refractivity contribution is 5.89. The van der Waals surface area contributed by atoms with Gasteiger partial charge in [0.2, 0.25) is 5.91 Å². The minimum Gasteiger partial charge on any atom is -0.378 e. The van der Waals surface area contributed by atoms with Crippen molar-refractivity contribution >= 4 is 17.4 Å². The molecule has 0 unspecified atom stereocenters. The Bertz CT molecular complexity index is 588. The van der Waals surface area contributed by atoms with Crippen molar-refractivity contribution < 1.29 is 4.79 Å². The number of nitrogens with zero attached hydrogens (tertiary/aromatic N) is 2. The number of anilines is 2. The second-order valence-corrected chi connectivity index (χ2v) is 5.33. The first-order valence-corrected chi connectivity index (χ1v) is 7.03. The first-order valence-electron chi connectivity index (χ1n) is 7.03. The molecule has 0 aliphatic rings. The summed E-state index contributed by atoms with van der Waals surface area (Å²) in [6, 6.07) is 12.0. The average molecular weight is 283 g/mol. The van der Waals surface area contributed by atoms with Crippen LogP contribution in [0.15, 0.2) is 42.6 Å². The molecule has 4 nitrogen and oxygen atoms in total. The van der Waals surface area contributed by atoms with Gasteiger partial charge in [-0.05, 0) is 42.7 Å². The molecule has 0 saturated carbocycles. The van der Waals surface area contributed by atoms with E-state index in [0.717, 1.165) is 23.2 Å². The number of hydrogen-bond donors (Lipinski definition) is 1. The molecule has 0 radical (unpaired) electrons. The number of rotatable bonds is 5. The molecule has 0 spiro atoms. The number of aryl methyl sites for hydroxylation is 2. The van der Waals surface area contributed by atoms with Crippen LogP contribution in [0.25, 0.3) is 0 Å². The van der Waals surface area contributed by atoms with Crippen LogP contribution in [0.1, 0.15) is 17.5 Å². The van der Waals surface area contributed by atoms with E-state index in [2.05, 4.69) is 39.5 Å². The molecule has 1 heterocycles. The normalized spacial score (nSPS) is 10.2. The number of pyridine rings is 1. The lowest BCUT2D eigenvalue weighted by molar-refractivity contribution is -0.116. The molecule has 0 aliphatic carbocycles. The Morgan fingerprint density at radius 1 is 1.14 bits per heavy atom. The van der Waals surface area contributed by atoms with Crippen molar-refractivity contribution in [1.82, 2.24) is 4.98 Å². The fraction of sp³-hybridized carbons (Fsp3) is 0.294. The number of hydrogen-bond acceptors (Lipinski definition) is 3. The van der Waals surface area contributed by atoms with Crippen LogP contribution in [-0.2, 0) is 11.2 Å². The summed E-state index contributed by atoms with van der Waals surface area (Å²) in [6.07, 6.45) is 2.93. The lowest BCUT2D eigenvalue weighted by Gasteiger charge is -2.12. The first kappa shape index (κ1) is 15.0. The number of amides is 1. The highest BCUT2D eigenvalue weighted by atomic mass is 16.1. The van der Waals surface area contributed by atoms with Crippen LogP contribution in [0.2, 0.25) is 0 Å². The van der Waals surface area contributed by atoms with Gasteiger partial charge in [-0.15, -0.1) is 0 Å². The van der Waals surface area contributed by atoms with Crippen molar-refractivity contribution in [2.45, 2.75) is 19.8 Å². The summed E-state index contributed by atoms with van der Waals surface area (Å²) >= 11 is 0. The summed E-state index contributed by atoms with van der Waals surface area (Å²) in [6.45, 7) is 1.97. The molecule has 21 heavy (non-hydrogen) atoms. The Kier molecular flexibility index (Phi) is 4.93. The van der Waals surface area contributed by atoms with E-state index in [9.17, 15) is 4.79 Å². The summed E-state index contributed by atoms with van der Waals surface area (Å²) in [7, 11) is 4.02. The molecule has 1 aromatic heterocycles. The minimum atomic E-state index is -0.0111. The van der Waals surface area contributed by atoms with E-state index in [1.807, 2.05) is 33.2 Å². The molecular formula is C17H21N3O. The predicted octanol–water partition coefficient (Wildman–Crippen LogP) is 3.03. The van der Waals surface area contributed by atoms with E-state index in [-0.39, 0.29) is 5.91 Å². The number of aromatic nitrogens is 1. The van der Waals surface area contributed by atoms with Gasteiger partial charge in [-0.3, -0.25) is 4.79 Å². The molecule has 0 atom stereocenters. The largest absolute Gasteiger partial charge is 0.378 e. The smallest absolute Gasteiger partial charge is 0.225 e. The zero-order valence-corrected chi connectivity index (χ0v) is 12.8. The second-order valence-electron chi connectivity index (χ2n) is 5.33. The van der Waals surface area contributed by atoms with E-state index in [1.165, 1.54) is 0 Å². The van der Waals surface area contributed by atoms with Gasteiger partial charge in [0.15, 0.2) is 0 Å². The summed E-state index contributed by atoms with van der Waals surface area (Å²) in [5, 5.41) is 2.81. The van der Waals surface area contributed by atoms with E-state index < -0.39 is 0 Å². The van der Waals surface area contributed by atoms with Crippen LogP contribution in [0.3, 0.4) is 0 Å². The van der Waals surface area contributed by atoms with Gasteiger partial charge < -0.3 is 10.2 Å². The van der Waals surface area contributed by atoms with Crippen LogP contribution in [0.4, 0.5) is 11.5 Å². The zero-order chi connectivity index (χ0) is 15.2. The van der Waals surface area contributed by atoms with Gasteiger partial charge in [0.1, 0.15) is 5.82 Å². The Hall–Kier alpha value is -2.36. The summed E-state index contributed by atoms with van der Waals surface area (Å²) in [4.78, 5) is 18.1. The van der Waals surface area contributed by atoms with Crippen molar-refractivity contribution in [3.63, 3.8) is 0 Å². The second kappa shape index (κ2) is 6.88. The van der Waals surface area contributed by atoms with E-state index in [1.54, 1.807) is 6.20 Å². The topological polar surface area (TPSA) is 45.2 Å². The molecule has 1 amide bonds. The molecule has 0 saturated heterocycles. The van der Waals surface area contributed by atoms with Gasteiger partial charge in [0, 0.05) is 32.4 Å². The fourth-order valence-electron chi connectivity index (χ4n) is 1.97. The maximum absolute atomic E-state index is 11.9. The van der Waals surface area contributed by atoms with Crippen LogP contribution >= 0.6 is 0 Å². The minimum absolute atomic E-state index is 0.0111. The highest BCUT2D eigenvalue weighted by Gasteiger charge is 2.04. The van der Waals surface area contributed by atoms with Gasteiger partial charge in [-0.2, -0.15) is 0 Å². The first-order chi connectivity index (χ1) is 10.0. The Balaban J connectivity index is 1.84. The molecule has 1 N–H and O–H groups in total. The average Bonchev–Trinajstić information content (AvgIpc) is 2.48. The maximum atomic E-state index is 11.9. The van der Waals surface area contributed by atoms with Crippen molar-refractivity contribution in [2.24, 2.45) is 0 Å². The van der Waals surface area contributed by atoms with Crippen LogP contribution < -0.4 is 10.2 Å². The molecule has 2 aromatic rings. The van der Waals surface area contributed by atoms with Crippen molar-refractivity contribution in [3.8, 4) is 0 Å². The Morgan fingerprint density at radius 2 is 1.86 bits per heavy atom. The molecule has 2 rings (SSSR count). The number of nitrogens with one attached hydrogen (secondary N) is 1. The quantitative estimate of drug-likeness (QED) is 0.917. The van der Waals surface area contributed by atoms with E-state index in [0.29, 0.717) is 12.2 Å². The fourth-order valence-corrected chi connectivity index (χ4v) is 1.97. The van der Waals surface area contributed by atoms with E-state index >= 15 is 0 Å².